The van der Waals surface area contributed by atoms with Gasteiger partial charge in [-0.1, -0.05) is 12.1 Å². The van der Waals surface area contributed by atoms with Gasteiger partial charge in [0.1, 0.15) is 23.7 Å². The standard InChI is InChI=1S/C22H29F3N7O4P/c1-13(9-32-11-29-17-18(26)27-10-28-19(17)32)36-12-37(35,31-21(3,4)20(33)34)30-14(2)15-5-7-16(8-6-15)22(23,24)25/h5-8,10-11,13-14H,9,12H2,1-4H3,(H,33,34)(H2,26,27,28)(H2,30,31,35)/t13-,14+,37+/m1/s1. The van der Waals surface area contributed by atoms with Gasteiger partial charge in [-0.2, -0.15) is 13.2 Å². The smallest absolute Gasteiger partial charge is 0.416 e. The Morgan fingerprint density at radius 1 is 1.19 bits per heavy atom. The van der Waals surface area contributed by atoms with E-state index in [1.165, 1.54) is 38.6 Å². The predicted octanol–water partition coefficient (Wildman–Crippen LogP) is 3.79. The first-order valence-electron chi connectivity index (χ1n) is 11.2. The third-order valence-corrected chi connectivity index (χ3v) is 7.80. The van der Waals surface area contributed by atoms with E-state index in [0.717, 1.165) is 12.1 Å². The number of hydrogen-bond acceptors (Lipinski definition) is 7. The van der Waals surface area contributed by atoms with Crippen LogP contribution in [0.3, 0.4) is 0 Å². The number of nitrogens with one attached hydrogen (secondary N) is 2. The summed E-state index contributed by atoms with van der Waals surface area (Å²) in [5.41, 5.74) is 4.75. The second-order valence-electron chi connectivity index (χ2n) is 9.19. The van der Waals surface area contributed by atoms with Gasteiger partial charge in [0.2, 0.25) is 7.44 Å². The molecular weight excluding hydrogens is 514 g/mol. The molecule has 37 heavy (non-hydrogen) atoms. The summed E-state index contributed by atoms with van der Waals surface area (Å²) in [7, 11) is -3.76. The van der Waals surface area contributed by atoms with Crippen LogP contribution >= 0.6 is 7.44 Å². The summed E-state index contributed by atoms with van der Waals surface area (Å²) in [5, 5.41) is 15.0. The molecule has 0 aliphatic carbocycles. The fraction of sp³-hybridized carbons (Fsp3) is 0.455. The van der Waals surface area contributed by atoms with Crippen LogP contribution in [0.5, 0.6) is 0 Å². The van der Waals surface area contributed by atoms with Gasteiger partial charge in [-0.25, -0.2) is 25.1 Å². The number of aliphatic carboxylic acids is 1. The second-order valence-corrected chi connectivity index (χ2v) is 11.4. The first-order chi connectivity index (χ1) is 17.1. The number of nitrogens with zero attached hydrogens (tertiary/aromatic N) is 4. The Kier molecular flexibility index (Phi) is 8.27. The molecule has 0 spiro atoms. The van der Waals surface area contributed by atoms with Crippen LogP contribution in [0.1, 0.15) is 44.9 Å². The summed E-state index contributed by atoms with van der Waals surface area (Å²) in [5.74, 6) is -1.02. The normalized spacial score (nSPS) is 15.9. The maximum atomic E-state index is 13.9. The Morgan fingerprint density at radius 2 is 1.84 bits per heavy atom. The van der Waals surface area contributed by atoms with Crippen LogP contribution in [-0.2, 0) is 26.8 Å². The highest BCUT2D eigenvalue weighted by atomic mass is 31.2. The number of carboxylic acids is 1. The number of anilines is 1. The van der Waals surface area contributed by atoms with Crippen LogP contribution in [0.25, 0.3) is 11.2 Å². The summed E-state index contributed by atoms with van der Waals surface area (Å²) in [6, 6.07) is 3.71. The molecule has 0 saturated carbocycles. The number of nitrogen functional groups attached to an aromatic ring is 1. The van der Waals surface area contributed by atoms with E-state index < -0.39 is 49.2 Å². The number of carbonyl (C=O) groups is 1. The van der Waals surface area contributed by atoms with E-state index in [4.69, 9.17) is 10.5 Å². The topological polar surface area (TPSA) is 157 Å². The molecule has 0 aliphatic heterocycles. The van der Waals surface area contributed by atoms with E-state index in [-0.39, 0.29) is 12.4 Å². The van der Waals surface area contributed by atoms with Gasteiger partial charge in [-0.05, 0) is 45.4 Å². The summed E-state index contributed by atoms with van der Waals surface area (Å²) >= 11 is 0. The largest absolute Gasteiger partial charge is 0.480 e. The Bertz CT molecular complexity index is 1300. The second kappa shape index (κ2) is 10.7. The lowest BCUT2D eigenvalue weighted by atomic mass is 10.1. The van der Waals surface area contributed by atoms with E-state index in [2.05, 4.69) is 25.1 Å². The lowest BCUT2D eigenvalue weighted by molar-refractivity contribution is -0.142. The zero-order valence-electron chi connectivity index (χ0n) is 20.7. The van der Waals surface area contributed by atoms with Crippen molar-refractivity contribution in [1.29, 1.82) is 0 Å². The summed E-state index contributed by atoms with van der Waals surface area (Å²) in [4.78, 5) is 23.9. The van der Waals surface area contributed by atoms with Crippen molar-refractivity contribution in [2.75, 3.05) is 12.1 Å². The van der Waals surface area contributed by atoms with E-state index in [1.54, 1.807) is 18.4 Å². The fourth-order valence-electron chi connectivity index (χ4n) is 3.54. The zero-order valence-corrected chi connectivity index (χ0v) is 21.5. The number of aromatic nitrogens is 4. The Hall–Kier alpha value is -3.06. The van der Waals surface area contributed by atoms with Crippen LogP contribution in [0.15, 0.2) is 36.9 Å². The van der Waals surface area contributed by atoms with Gasteiger partial charge in [-0.3, -0.25) is 9.36 Å². The minimum atomic E-state index is -4.49. The first kappa shape index (κ1) is 28.5. The fourth-order valence-corrected chi connectivity index (χ4v) is 5.98. The minimum Gasteiger partial charge on any atom is -0.480 e. The lowest BCUT2D eigenvalue weighted by Crippen LogP contribution is -2.47. The molecule has 2 heterocycles. The van der Waals surface area contributed by atoms with Crippen LogP contribution in [0, 0.1) is 0 Å². The van der Waals surface area contributed by atoms with Crippen molar-refractivity contribution >= 4 is 30.4 Å². The van der Waals surface area contributed by atoms with Gasteiger partial charge in [-0.15, -0.1) is 0 Å². The Labute approximate surface area is 211 Å². The number of carboxylic acid groups (broad SMARTS) is 1. The number of nitrogens with two attached hydrogens (primary N) is 1. The quantitative estimate of drug-likeness (QED) is 0.262. The molecule has 3 atom stereocenters. The van der Waals surface area contributed by atoms with Crippen LogP contribution < -0.4 is 15.9 Å². The van der Waals surface area contributed by atoms with Crippen molar-refractivity contribution in [2.24, 2.45) is 0 Å². The van der Waals surface area contributed by atoms with E-state index in [0.29, 0.717) is 16.7 Å². The molecule has 3 aromatic rings. The molecular formula is C22H29F3N7O4P. The molecule has 5 N–H and O–H groups in total. The first-order valence-corrected chi connectivity index (χ1v) is 13.1. The van der Waals surface area contributed by atoms with Crippen molar-refractivity contribution in [2.45, 2.75) is 58.1 Å². The molecule has 11 nitrogen and oxygen atoms in total. The molecule has 0 radical (unpaired) electrons. The average molecular weight is 543 g/mol. The number of rotatable bonds is 11. The summed E-state index contributed by atoms with van der Waals surface area (Å²) < 4.78 is 60.1. The van der Waals surface area contributed by atoms with Gasteiger partial charge < -0.3 is 20.1 Å². The number of benzene rings is 1. The SMILES string of the molecule is C[C@H](Cn1cnc2c(N)ncnc21)OC[P@](=O)(N[C@@H](C)c1ccc(C(F)(F)F)cc1)NC(C)(C)C(=O)O. The van der Waals surface area contributed by atoms with Crippen LogP contribution in [-0.4, -0.2) is 48.6 Å². The molecule has 0 amide bonds. The molecule has 202 valence electrons. The Morgan fingerprint density at radius 3 is 2.43 bits per heavy atom. The average Bonchev–Trinajstić information content (AvgIpc) is 3.21. The van der Waals surface area contributed by atoms with Gasteiger partial charge in [0.15, 0.2) is 11.5 Å². The maximum Gasteiger partial charge on any atom is 0.416 e. The molecule has 15 heteroatoms. The van der Waals surface area contributed by atoms with Crippen LogP contribution in [0.4, 0.5) is 19.0 Å². The van der Waals surface area contributed by atoms with Crippen molar-refractivity contribution < 1.29 is 32.4 Å². The van der Waals surface area contributed by atoms with Gasteiger partial charge >= 0.3 is 12.1 Å². The van der Waals surface area contributed by atoms with Gasteiger partial charge in [0.05, 0.1) is 24.5 Å². The molecule has 2 aromatic heterocycles. The molecule has 0 saturated heterocycles. The van der Waals surface area contributed by atoms with E-state index in [1.807, 2.05) is 0 Å². The number of fused-ring (bicyclic) bond motifs is 1. The summed E-state index contributed by atoms with van der Waals surface area (Å²) in [6.45, 7) is 6.29. The monoisotopic (exact) mass is 543 g/mol. The number of imidazole rings is 1. The molecule has 0 fully saturated rings. The van der Waals surface area contributed by atoms with Gasteiger partial charge in [0.25, 0.3) is 0 Å². The highest BCUT2D eigenvalue weighted by molar-refractivity contribution is 7.59. The highest BCUT2D eigenvalue weighted by Gasteiger charge is 2.37. The van der Waals surface area contributed by atoms with Crippen LogP contribution in [0.2, 0.25) is 0 Å². The predicted molar refractivity (Wildman–Crippen MR) is 131 cm³/mol. The molecule has 3 rings (SSSR count). The molecule has 0 aliphatic rings. The van der Waals surface area contributed by atoms with Gasteiger partial charge in [0, 0.05) is 6.04 Å². The van der Waals surface area contributed by atoms with Crippen molar-refractivity contribution in [3.05, 3.63) is 48.0 Å². The maximum absolute atomic E-state index is 13.9. The zero-order chi connectivity index (χ0) is 27.6. The number of ether oxygens (including phenoxy) is 1. The Balaban J connectivity index is 1.75. The molecule has 1 aromatic carbocycles. The molecule has 0 bridgehead atoms. The van der Waals surface area contributed by atoms with E-state index >= 15 is 0 Å². The van der Waals surface area contributed by atoms with Crippen molar-refractivity contribution in [1.82, 2.24) is 29.7 Å². The third kappa shape index (κ3) is 7.04. The number of halogens is 3. The minimum absolute atomic E-state index is 0.225. The van der Waals surface area contributed by atoms with E-state index in [9.17, 15) is 27.6 Å². The number of alkyl halides is 3. The van der Waals surface area contributed by atoms with Crippen molar-refractivity contribution in [3.8, 4) is 0 Å². The number of hydrogen-bond donors (Lipinski definition) is 4. The lowest BCUT2D eigenvalue weighted by Gasteiger charge is -2.32. The summed E-state index contributed by atoms with van der Waals surface area (Å²) in [6.07, 6.45) is -2.58. The molecule has 0 unspecified atom stereocenters. The third-order valence-electron chi connectivity index (χ3n) is 5.56. The highest BCUT2D eigenvalue weighted by Crippen LogP contribution is 2.42. The van der Waals surface area contributed by atoms with Crippen molar-refractivity contribution in [3.63, 3.8) is 0 Å².